The first-order valence-corrected chi connectivity index (χ1v) is 9.92. The van der Waals surface area contributed by atoms with Gasteiger partial charge in [0, 0.05) is 22.9 Å². The third-order valence-corrected chi connectivity index (χ3v) is 6.01. The van der Waals surface area contributed by atoms with Crippen molar-refractivity contribution in [1.29, 1.82) is 0 Å². The number of hydrogen-bond acceptors (Lipinski definition) is 6. The van der Waals surface area contributed by atoms with E-state index in [2.05, 4.69) is 15.3 Å². The predicted octanol–water partition coefficient (Wildman–Crippen LogP) is 5.14. The minimum Gasteiger partial charge on any atom is -0.382 e. The molecule has 0 saturated heterocycles. The predicted molar refractivity (Wildman–Crippen MR) is 106 cm³/mol. The summed E-state index contributed by atoms with van der Waals surface area (Å²) in [4.78, 5) is 20.9. The minimum absolute atomic E-state index is 0.0365. The third kappa shape index (κ3) is 5.24. The summed E-state index contributed by atoms with van der Waals surface area (Å²) in [5.41, 5.74) is 6.58. The van der Waals surface area contributed by atoms with Crippen LogP contribution in [0.5, 0.6) is 0 Å². The Bertz CT molecular complexity index is 1040. The summed E-state index contributed by atoms with van der Waals surface area (Å²) in [5, 5.41) is 2.83. The molecule has 2 heterocycles. The molecule has 0 fully saturated rings. The molecule has 0 atom stereocenters. The normalized spacial score (nSPS) is 11.5. The van der Waals surface area contributed by atoms with Gasteiger partial charge in [-0.1, -0.05) is 0 Å². The molecule has 0 radical (unpaired) electrons. The van der Waals surface area contributed by atoms with Crippen LogP contribution in [0.1, 0.15) is 15.2 Å². The largest absolute Gasteiger partial charge is 0.398 e. The number of alkyl halides is 3. The lowest BCUT2D eigenvalue weighted by molar-refractivity contribution is -0.105. The molecule has 3 aromatic rings. The second-order valence-corrected chi connectivity index (χ2v) is 7.95. The number of rotatable bonds is 5. The average Bonchev–Trinajstić information content (AvgIpc) is 3.05. The van der Waals surface area contributed by atoms with E-state index < -0.39 is 23.7 Å². The Balaban J connectivity index is 1.83. The van der Waals surface area contributed by atoms with Crippen LogP contribution in [0.2, 0.25) is 0 Å². The zero-order chi connectivity index (χ0) is 21.2. The number of carbonyl (C=O) groups excluding carboxylic acids is 1. The van der Waals surface area contributed by atoms with Gasteiger partial charge in [-0.15, -0.1) is 23.1 Å². The number of nitrogens with two attached hydrogens (primary N) is 1. The van der Waals surface area contributed by atoms with E-state index in [0.29, 0.717) is 27.9 Å². The van der Waals surface area contributed by atoms with Gasteiger partial charge in [-0.3, -0.25) is 9.78 Å². The first-order valence-electron chi connectivity index (χ1n) is 8.12. The summed E-state index contributed by atoms with van der Waals surface area (Å²) in [7, 11) is 0. The second kappa shape index (κ2) is 8.37. The van der Waals surface area contributed by atoms with Gasteiger partial charge in [0.1, 0.15) is 21.5 Å². The lowest BCUT2D eigenvalue weighted by atomic mass is 10.2. The Labute approximate surface area is 171 Å². The van der Waals surface area contributed by atoms with Gasteiger partial charge < -0.3 is 11.1 Å². The third-order valence-electron chi connectivity index (χ3n) is 3.67. The van der Waals surface area contributed by atoms with Crippen molar-refractivity contribution in [2.75, 3.05) is 16.8 Å². The highest BCUT2D eigenvalue weighted by Gasteiger charge is 2.28. The van der Waals surface area contributed by atoms with Gasteiger partial charge in [0.25, 0.3) is 5.91 Å². The summed E-state index contributed by atoms with van der Waals surface area (Å²) in [5.74, 6) is -2.62. The Hall–Kier alpha value is -2.66. The van der Waals surface area contributed by atoms with Gasteiger partial charge in [-0.25, -0.2) is 9.37 Å². The van der Waals surface area contributed by atoms with Crippen LogP contribution in [0.3, 0.4) is 0 Å². The topological polar surface area (TPSA) is 80.9 Å². The van der Waals surface area contributed by atoms with E-state index in [1.54, 1.807) is 24.5 Å². The van der Waals surface area contributed by atoms with Crippen LogP contribution in [-0.2, 0) is 0 Å². The van der Waals surface area contributed by atoms with Crippen LogP contribution in [0.15, 0.2) is 41.6 Å². The molecule has 0 unspecified atom stereocenters. The van der Waals surface area contributed by atoms with Gasteiger partial charge in [-0.2, -0.15) is 13.2 Å². The zero-order valence-electron chi connectivity index (χ0n) is 14.9. The number of benzene rings is 1. The first-order chi connectivity index (χ1) is 13.6. The van der Waals surface area contributed by atoms with E-state index in [9.17, 15) is 22.4 Å². The number of nitrogen functional groups attached to an aromatic ring is 1. The minimum atomic E-state index is -4.37. The summed E-state index contributed by atoms with van der Waals surface area (Å²) >= 11 is 1.52. The first kappa shape index (κ1) is 21.1. The summed E-state index contributed by atoms with van der Waals surface area (Å²) in [6.07, 6.45) is -1.22. The summed E-state index contributed by atoms with van der Waals surface area (Å²) < 4.78 is 51.7. The fourth-order valence-corrected chi connectivity index (χ4v) is 4.03. The maximum atomic E-state index is 14.3. The monoisotopic (exact) mass is 442 g/mol. The Morgan fingerprint density at radius 3 is 2.76 bits per heavy atom. The van der Waals surface area contributed by atoms with Crippen LogP contribution >= 0.6 is 23.1 Å². The van der Waals surface area contributed by atoms with Gasteiger partial charge in [0.2, 0.25) is 0 Å². The number of nitrogens with one attached hydrogen (secondary N) is 1. The maximum Gasteiger partial charge on any atom is 0.398 e. The number of aryl methyl sites for hydroxylation is 1. The van der Waals surface area contributed by atoms with Gasteiger partial charge in [0.15, 0.2) is 0 Å². The number of anilines is 2. The molecule has 0 bridgehead atoms. The molecule has 2 aromatic heterocycles. The highest BCUT2D eigenvalue weighted by molar-refractivity contribution is 7.99. The average molecular weight is 442 g/mol. The van der Waals surface area contributed by atoms with Crippen molar-refractivity contribution in [3.8, 4) is 10.6 Å². The molecule has 0 aliphatic carbocycles. The molecule has 0 saturated carbocycles. The molecule has 0 aliphatic rings. The number of pyridine rings is 1. The van der Waals surface area contributed by atoms with E-state index in [1.807, 2.05) is 0 Å². The van der Waals surface area contributed by atoms with E-state index >= 15 is 0 Å². The lowest BCUT2D eigenvalue weighted by Gasteiger charge is -2.12. The van der Waals surface area contributed by atoms with Gasteiger partial charge >= 0.3 is 6.18 Å². The van der Waals surface area contributed by atoms with Gasteiger partial charge in [0.05, 0.1) is 11.4 Å². The molecule has 0 spiro atoms. The molecule has 3 N–H and O–H groups in total. The molecule has 3 rings (SSSR count). The van der Waals surface area contributed by atoms with Crippen molar-refractivity contribution in [2.24, 2.45) is 0 Å². The maximum absolute atomic E-state index is 14.3. The Morgan fingerprint density at radius 1 is 1.34 bits per heavy atom. The van der Waals surface area contributed by atoms with Gasteiger partial charge in [-0.05, 0) is 36.8 Å². The molecule has 11 heteroatoms. The number of hydrogen-bond donors (Lipinski definition) is 2. The highest BCUT2D eigenvalue weighted by atomic mass is 32.2. The smallest absolute Gasteiger partial charge is 0.382 e. The fourth-order valence-electron chi connectivity index (χ4n) is 2.35. The number of thioether (sulfide) groups is 1. The number of nitrogens with zero attached hydrogens (tertiary/aromatic N) is 2. The lowest BCUT2D eigenvalue weighted by Crippen LogP contribution is -2.14. The van der Waals surface area contributed by atoms with Crippen molar-refractivity contribution < 1.29 is 22.4 Å². The Morgan fingerprint density at radius 2 is 2.10 bits per heavy atom. The van der Waals surface area contributed by atoms with E-state index in [0.717, 1.165) is 17.4 Å². The second-order valence-electron chi connectivity index (χ2n) is 5.93. The van der Waals surface area contributed by atoms with Crippen LogP contribution in [-0.4, -0.2) is 27.8 Å². The van der Waals surface area contributed by atoms with Crippen LogP contribution < -0.4 is 11.1 Å². The molecule has 152 valence electrons. The SMILES string of the molecule is Cc1cc(F)c(NC(=O)c2sc(-c3cccnc3)nc2N)cc1SCC(F)(F)F. The highest BCUT2D eigenvalue weighted by Crippen LogP contribution is 2.34. The van der Waals surface area contributed by atoms with Crippen molar-refractivity contribution in [1.82, 2.24) is 9.97 Å². The van der Waals surface area contributed by atoms with Crippen molar-refractivity contribution in [2.45, 2.75) is 18.0 Å². The number of thiazole rings is 1. The molecule has 29 heavy (non-hydrogen) atoms. The number of halogens is 4. The van der Waals surface area contributed by atoms with Crippen molar-refractivity contribution in [3.63, 3.8) is 0 Å². The van der Waals surface area contributed by atoms with Crippen molar-refractivity contribution >= 4 is 40.5 Å². The quantitative estimate of drug-likeness (QED) is 0.422. The molecule has 5 nitrogen and oxygen atoms in total. The zero-order valence-corrected chi connectivity index (χ0v) is 16.5. The molecule has 1 aromatic carbocycles. The summed E-state index contributed by atoms with van der Waals surface area (Å²) in [6, 6.07) is 5.70. The molecule has 1 amide bonds. The number of carbonyl (C=O) groups is 1. The number of aromatic nitrogens is 2. The van der Waals surface area contributed by atoms with Crippen LogP contribution in [0.4, 0.5) is 29.1 Å². The number of amides is 1. The van der Waals surface area contributed by atoms with Crippen molar-refractivity contribution in [3.05, 3.63) is 52.9 Å². The van der Waals surface area contributed by atoms with Crippen LogP contribution in [0.25, 0.3) is 10.6 Å². The molecular weight excluding hydrogens is 428 g/mol. The molecular formula is C18H14F4N4OS2. The summed E-state index contributed by atoms with van der Waals surface area (Å²) in [6.45, 7) is 1.49. The standard InChI is InChI=1S/C18H14F4N4OS2/c1-9-5-11(19)12(6-13(9)28-8-18(20,21)22)25-16(27)14-15(23)26-17(29-14)10-3-2-4-24-7-10/h2-7H,8,23H2,1H3,(H,25,27). The van der Waals surface area contributed by atoms with E-state index in [4.69, 9.17) is 5.73 Å². The van der Waals surface area contributed by atoms with E-state index in [-0.39, 0.29) is 21.3 Å². The Kier molecular flexibility index (Phi) is 6.08. The molecule has 0 aliphatic heterocycles. The van der Waals surface area contributed by atoms with Crippen LogP contribution in [0, 0.1) is 12.7 Å². The van der Waals surface area contributed by atoms with E-state index in [1.165, 1.54) is 13.0 Å². The fraction of sp³-hybridized carbons (Fsp3) is 0.167.